The molecular formula is C17H22N2O3S. The molecule has 124 valence electrons. The lowest BCUT2D eigenvalue weighted by atomic mass is 9.49. The van der Waals surface area contributed by atoms with E-state index >= 15 is 0 Å². The lowest BCUT2D eigenvalue weighted by Crippen LogP contribution is -2.47. The van der Waals surface area contributed by atoms with Gasteiger partial charge in [0.2, 0.25) is 5.91 Å². The Morgan fingerprint density at radius 1 is 1.22 bits per heavy atom. The van der Waals surface area contributed by atoms with Crippen molar-refractivity contribution in [2.45, 2.75) is 51.5 Å². The molecule has 0 aromatic carbocycles. The highest BCUT2D eigenvalue weighted by atomic mass is 32.1. The zero-order chi connectivity index (χ0) is 16.0. The molecule has 5 rings (SSSR count). The fraction of sp³-hybridized carbons (Fsp3) is 0.706. The molecule has 4 fully saturated rings. The molecule has 0 atom stereocenters. The average molecular weight is 334 g/mol. The minimum Gasteiger partial charge on any atom is -0.476 e. The van der Waals surface area contributed by atoms with Crippen molar-refractivity contribution in [3.8, 4) is 0 Å². The van der Waals surface area contributed by atoms with Gasteiger partial charge >= 0.3 is 5.97 Å². The third kappa shape index (κ3) is 3.01. The van der Waals surface area contributed by atoms with Gasteiger partial charge in [-0.15, -0.1) is 11.3 Å². The van der Waals surface area contributed by atoms with Gasteiger partial charge in [-0.25, -0.2) is 9.78 Å². The number of amides is 1. The zero-order valence-electron chi connectivity index (χ0n) is 13.1. The van der Waals surface area contributed by atoms with Gasteiger partial charge in [0.05, 0.1) is 6.54 Å². The van der Waals surface area contributed by atoms with Crippen LogP contribution in [0.25, 0.3) is 0 Å². The van der Waals surface area contributed by atoms with Gasteiger partial charge in [0, 0.05) is 11.8 Å². The monoisotopic (exact) mass is 334 g/mol. The van der Waals surface area contributed by atoms with Crippen LogP contribution in [0.15, 0.2) is 5.38 Å². The number of hydrogen-bond donors (Lipinski definition) is 2. The second-order valence-electron chi connectivity index (χ2n) is 7.80. The number of hydrogen-bond acceptors (Lipinski definition) is 4. The number of carboxylic acid groups (broad SMARTS) is 1. The van der Waals surface area contributed by atoms with Crippen LogP contribution in [-0.2, 0) is 11.3 Å². The summed E-state index contributed by atoms with van der Waals surface area (Å²) in [7, 11) is 0. The molecule has 23 heavy (non-hydrogen) atoms. The number of carbonyl (C=O) groups excluding carboxylic acids is 1. The molecule has 1 heterocycles. The molecule has 0 unspecified atom stereocenters. The van der Waals surface area contributed by atoms with Crippen molar-refractivity contribution in [2.75, 3.05) is 0 Å². The molecule has 4 saturated carbocycles. The van der Waals surface area contributed by atoms with Crippen molar-refractivity contribution in [3.63, 3.8) is 0 Å². The lowest BCUT2D eigenvalue weighted by molar-refractivity contribution is -0.129. The molecule has 2 N–H and O–H groups in total. The van der Waals surface area contributed by atoms with E-state index in [2.05, 4.69) is 10.3 Å². The summed E-state index contributed by atoms with van der Waals surface area (Å²) in [6.45, 7) is 0.336. The van der Waals surface area contributed by atoms with E-state index in [-0.39, 0.29) is 17.0 Å². The molecule has 0 aliphatic heterocycles. The average Bonchev–Trinajstić information content (AvgIpc) is 2.92. The van der Waals surface area contributed by atoms with Crippen LogP contribution in [-0.4, -0.2) is 22.0 Å². The molecule has 5 nitrogen and oxygen atoms in total. The predicted octanol–water partition coefficient (Wildman–Crippen LogP) is 3.06. The molecule has 0 radical (unpaired) electrons. The van der Waals surface area contributed by atoms with E-state index < -0.39 is 5.97 Å². The van der Waals surface area contributed by atoms with Crippen molar-refractivity contribution < 1.29 is 14.7 Å². The molecule has 0 saturated heterocycles. The molecule has 1 amide bonds. The van der Waals surface area contributed by atoms with Crippen molar-refractivity contribution in [3.05, 3.63) is 16.1 Å². The van der Waals surface area contributed by atoms with E-state index in [1.165, 1.54) is 55.2 Å². The molecular weight excluding hydrogens is 312 g/mol. The van der Waals surface area contributed by atoms with Gasteiger partial charge in [-0.05, 0) is 61.7 Å². The Kier molecular flexibility index (Phi) is 3.67. The van der Waals surface area contributed by atoms with Crippen LogP contribution in [0.5, 0.6) is 0 Å². The summed E-state index contributed by atoms with van der Waals surface area (Å²) in [5, 5.41) is 14.0. The van der Waals surface area contributed by atoms with E-state index in [1.54, 1.807) is 0 Å². The Balaban J connectivity index is 1.34. The van der Waals surface area contributed by atoms with Gasteiger partial charge in [0.15, 0.2) is 5.69 Å². The minimum absolute atomic E-state index is 0.0559. The molecule has 1 aromatic heterocycles. The highest BCUT2D eigenvalue weighted by molar-refractivity contribution is 7.09. The third-order valence-corrected chi connectivity index (χ3v) is 6.76. The van der Waals surface area contributed by atoms with Crippen LogP contribution < -0.4 is 5.32 Å². The van der Waals surface area contributed by atoms with Gasteiger partial charge < -0.3 is 10.4 Å². The van der Waals surface area contributed by atoms with Crippen LogP contribution in [0, 0.1) is 23.2 Å². The number of aromatic nitrogens is 1. The largest absolute Gasteiger partial charge is 0.476 e. The normalized spacial score (nSPS) is 34.5. The maximum atomic E-state index is 12.4. The highest BCUT2D eigenvalue weighted by Gasteiger charge is 2.51. The minimum atomic E-state index is -1.02. The van der Waals surface area contributed by atoms with Crippen LogP contribution >= 0.6 is 11.3 Å². The number of aromatic carboxylic acids is 1. The number of rotatable bonds is 5. The molecule has 4 aliphatic carbocycles. The molecule has 4 aliphatic rings. The summed E-state index contributed by atoms with van der Waals surface area (Å²) in [4.78, 5) is 27.2. The summed E-state index contributed by atoms with van der Waals surface area (Å²) in [6.07, 6.45) is 8.48. The predicted molar refractivity (Wildman–Crippen MR) is 86.1 cm³/mol. The smallest absolute Gasteiger partial charge is 0.355 e. The zero-order valence-corrected chi connectivity index (χ0v) is 13.9. The Hall–Kier alpha value is -1.43. The van der Waals surface area contributed by atoms with E-state index in [0.29, 0.717) is 18.0 Å². The van der Waals surface area contributed by atoms with E-state index in [0.717, 1.165) is 17.8 Å². The summed E-state index contributed by atoms with van der Waals surface area (Å²) in [5.74, 6) is 1.63. The number of thiazole rings is 1. The van der Waals surface area contributed by atoms with Crippen LogP contribution in [0.3, 0.4) is 0 Å². The Labute approximate surface area is 139 Å². The van der Waals surface area contributed by atoms with Crippen LogP contribution in [0.1, 0.15) is 60.4 Å². The second-order valence-corrected chi connectivity index (χ2v) is 8.75. The maximum Gasteiger partial charge on any atom is 0.355 e. The molecule has 4 bridgehead atoms. The Bertz CT molecular complexity index is 604. The van der Waals surface area contributed by atoms with Crippen LogP contribution in [0.2, 0.25) is 0 Å². The number of nitrogens with zero attached hydrogens (tertiary/aromatic N) is 1. The first kappa shape index (κ1) is 15.1. The lowest BCUT2D eigenvalue weighted by Gasteiger charge is -2.56. The van der Waals surface area contributed by atoms with Gasteiger partial charge in [-0.2, -0.15) is 0 Å². The second kappa shape index (κ2) is 5.58. The third-order valence-electron chi connectivity index (χ3n) is 5.91. The highest BCUT2D eigenvalue weighted by Crippen LogP contribution is 2.61. The Morgan fingerprint density at radius 3 is 2.35 bits per heavy atom. The first-order chi connectivity index (χ1) is 11.0. The first-order valence-corrected chi connectivity index (χ1v) is 9.34. The van der Waals surface area contributed by atoms with Gasteiger partial charge in [-0.1, -0.05) is 0 Å². The number of nitrogens with one attached hydrogen (secondary N) is 1. The summed E-state index contributed by atoms with van der Waals surface area (Å²) >= 11 is 1.28. The summed E-state index contributed by atoms with van der Waals surface area (Å²) in [6, 6.07) is 0. The molecule has 6 heteroatoms. The van der Waals surface area contributed by atoms with Crippen molar-refractivity contribution in [1.29, 1.82) is 0 Å². The van der Waals surface area contributed by atoms with E-state index in [4.69, 9.17) is 5.11 Å². The fourth-order valence-electron chi connectivity index (χ4n) is 5.57. The SMILES string of the molecule is O=C(CC12CC3CC(CC(C3)C1)C2)NCc1nc(C(=O)O)cs1. The Morgan fingerprint density at radius 2 is 1.83 bits per heavy atom. The maximum absolute atomic E-state index is 12.4. The quantitative estimate of drug-likeness (QED) is 0.867. The van der Waals surface area contributed by atoms with Gasteiger partial charge in [0.1, 0.15) is 5.01 Å². The van der Waals surface area contributed by atoms with E-state index in [1.807, 2.05) is 0 Å². The number of carboxylic acids is 1. The topological polar surface area (TPSA) is 79.3 Å². The first-order valence-electron chi connectivity index (χ1n) is 8.46. The fourth-order valence-corrected chi connectivity index (χ4v) is 6.28. The standard InChI is InChI=1S/C17H22N2O3S/c20-14(18-8-15-19-13(9-23-15)16(21)22)7-17-4-10-1-11(5-17)3-12(2-10)6-17/h9-12H,1-8H2,(H,18,20)(H,21,22). The molecule has 1 aromatic rings. The van der Waals surface area contributed by atoms with Crippen molar-refractivity contribution >= 4 is 23.2 Å². The van der Waals surface area contributed by atoms with Crippen molar-refractivity contribution in [2.24, 2.45) is 23.2 Å². The van der Waals surface area contributed by atoms with Gasteiger partial charge in [0.25, 0.3) is 0 Å². The van der Waals surface area contributed by atoms with E-state index in [9.17, 15) is 9.59 Å². The van der Waals surface area contributed by atoms with Crippen LogP contribution in [0.4, 0.5) is 0 Å². The molecule has 0 spiro atoms. The number of carbonyl (C=O) groups is 2. The summed E-state index contributed by atoms with van der Waals surface area (Å²) < 4.78 is 0. The summed E-state index contributed by atoms with van der Waals surface area (Å²) in [5.41, 5.74) is 0.300. The van der Waals surface area contributed by atoms with Gasteiger partial charge in [-0.3, -0.25) is 4.79 Å². The van der Waals surface area contributed by atoms with Crippen molar-refractivity contribution in [1.82, 2.24) is 10.3 Å².